The zero-order chi connectivity index (χ0) is 20.9. The van der Waals surface area contributed by atoms with Crippen LogP contribution in [0.3, 0.4) is 0 Å². The number of nitrogens with zero attached hydrogens (tertiary/aromatic N) is 4. The zero-order valence-corrected chi connectivity index (χ0v) is 17.9. The van der Waals surface area contributed by atoms with Crippen molar-refractivity contribution in [3.8, 4) is 5.69 Å². The highest BCUT2D eigenvalue weighted by molar-refractivity contribution is 7.91. The number of aryl methyl sites for hydroxylation is 1. The topological polar surface area (TPSA) is 75.5 Å². The third-order valence-electron chi connectivity index (χ3n) is 5.02. The largest absolute Gasteiger partial charge is 0.278 e. The van der Waals surface area contributed by atoms with E-state index in [0.29, 0.717) is 17.0 Å². The number of rotatable bonds is 4. The zero-order valence-electron chi connectivity index (χ0n) is 16.3. The fourth-order valence-corrected chi connectivity index (χ4v) is 6.47. The SMILES string of the molecule is Cc1nn(-c2ccc(F)cc2)c2sc(C(=O)N([C@H]3CCS(=O)(=O)C3)N(C)C)cc12. The van der Waals surface area contributed by atoms with E-state index in [-0.39, 0.29) is 29.3 Å². The van der Waals surface area contributed by atoms with Gasteiger partial charge in [0.1, 0.15) is 10.6 Å². The maximum absolute atomic E-state index is 13.3. The van der Waals surface area contributed by atoms with E-state index in [2.05, 4.69) is 5.10 Å². The smallest absolute Gasteiger partial charge is 0.267 e. The third-order valence-corrected chi connectivity index (χ3v) is 7.87. The summed E-state index contributed by atoms with van der Waals surface area (Å²) in [6.45, 7) is 1.86. The van der Waals surface area contributed by atoms with Gasteiger partial charge < -0.3 is 0 Å². The van der Waals surface area contributed by atoms with Gasteiger partial charge in [0, 0.05) is 19.5 Å². The molecule has 3 heterocycles. The molecule has 1 aromatic carbocycles. The maximum atomic E-state index is 13.3. The summed E-state index contributed by atoms with van der Waals surface area (Å²) >= 11 is 1.30. The quantitative estimate of drug-likeness (QED) is 0.588. The molecule has 1 saturated heterocycles. The Kier molecular flexibility index (Phi) is 4.96. The fraction of sp³-hybridized carbons (Fsp3) is 0.368. The molecule has 1 fully saturated rings. The number of aromatic nitrogens is 2. The van der Waals surface area contributed by atoms with Crippen molar-refractivity contribution in [3.63, 3.8) is 0 Å². The van der Waals surface area contributed by atoms with Gasteiger partial charge >= 0.3 is 0 Å². The summed E-state index contributed by atoms with van der Waals surface area (Å²) in [5, 5.41) is 8.54. The number of sulfone groups is 1. The van der Waals surface area contributed by atoms with Crippen molar-refractivity contribution >= 4 is 37.3 Å². The van der Waals surface area contributed by atoms with E-state index in [1.54, 1.807) is 42.0 Å². The second kappa shape index (κ2) is 7.19. The van der Waals surface area contributed by atoms with Crippen LogP contribution in [-0.4, -0.2) is 65.8 Å². The minimum atomic E-state index is -3.12. The first-order chi connectivity index (χ1) is 13.7. The van der Waals surface area contributed by atoms with Gasteiger partial charge in [0.15, 0.2) is 9.84 Å². The molecule has 154 valence electrons. The van der Waals surface area contributed by atoms with Gasteiger partial charge in [-0.05, 0) is 43.7 Å². The predicted octanol–water partition coefficient (Wildman–Crippen LogP) is 2.64. The van der Waals surface area contributed by atoms with Gasteiger partial charge in [0.05, 0.1) is 33.8 Å². The van der Waals surface area contributed by atoms with Crippen LogP contribution >= 0.6 is 11.3 Å². The fourth-order valence-electron chi connectivity index (χ4n) is 3.67. The molecule has 3 aromatic rings. The van der Waals surface area contributed by atoms with E-state index < -0.39 is 9.84 Å². The lowest BCUT2D eigenvalue weighted by atomic mass is 10.2. The number of amides is 1. The molecule has 0 aliphatic carbocycles. The number of carbonyl (C=O) groups is 1. The first kappa shape index (κ1) is 20.0. The van der Waals surface area contributed by atoms with Crippen molar-refractivity contribution in [2.75, 3.05) is 25.6 Å². The molecule has 7 nitrogen and oxygen atoms in total. The highest BCUT2D eigenvalue weighted by Gasteiger charge is 2.37. The van der Waals surface area contributed by atoms with Gasteiger partial charge in [-0.3, -0.25) is 9.80 Å². The monoisotopic (exact) mass is 436 g/mol. The van der Waals surface area contributed by atoms with Gasteiger partial charge in [0.25, 0.3) is 5.91 Å². The summed E-state index contributed by atoms with van der Waals surface area (Å²) in [4.78, 5) is 14.6. The summed E-state index contributed by atoms with van der Waals surface area (Å²) in [6.07, 6.45) is 0.430. The molecular formula is C19H21FN4O3S2. The predicted molar refractivity (Wildman–Crippen MR) is 111 cm³/mol. The number of halogens is 1. The van der Waals surface area contributed by atoms with E-state index in [9.17, 15) is 17.6 Å². The van der Waals surface area contributed by atoms with Crippen LogP contribution in [0.25, 0.3) is 15.9 Å². The lowest BCUT2D eigenvalue weighted by molar-refractivity contribution is 0.00148. The number of hydrogen-bond donors (Lipinski definition) is 0. The second-order valence-corrected chi connectivity index (χ2v) is 10.6. The van der Waals surface area contributed by atoms with Crippen LogP contribution in [0, 0.1) is 12.7 Å². The second-order valence-electron chi connectivity index (χ2n) is 7.36. The molecule has 29 heavy (non-hydrogen) atoms. The molecule has 2 aromatic heterocycles. The highest BCUT2D eigenvalue weighted by Crippen LogP contribution is 2.32. The van der Waals surface area contributed by atoms with Crippen molar-refractivity contribution in [2.24, 2.45) is 0 Å². The molecule has 0 radical (unpaired) electrons. The number of carbonyl (C=O) groups excluding carboxylic acids is 1. The molecule has 1 atom stereocenters. The molecule has 10 heteroatoms. The molecule has 0 N–H and O–H groups in total. The first-order valence-corrected chi connectivity index (χ1v) is 11.8. The molecule has 0 unspecified atom stereocenters. The van der Waals surface area contributed by atoms with E-state index in [0.717, 1.165) is 15.9 Å². The summed E-state index contributed by atoms with van der Waals surface area (Å²) in [5.41, 5.74) is 1.47. The van der Waals surface area contributed by atoms with E-state index in [4.69, 9.17) is 0 Å². The van der Waals surface area contributed by atoms with Gasteiger partial charge in [-0.1, -0.05) is 0 Å². The van der Waals surface area contributed by atoms with Gasteiger partial charge in [-0.25, -0.2) is 22.5 Å². The van der Waals surface area contributed by atoms with Crippen molar-refractivity contribution in [2.45, 2.75) is 19.4 Å². The highest BCUT2D eigenvalue weighted by atomic mass is 32.2. The number of benzene rings is 1. The summed E-state index contributed by atoms with van der Waals surface area (Å²) < 4.78 is 38.8. The van der Waals surface area contributed by atoms with Crippen LogP contribution in [0.1, 0.15) is 21.8 Å². The molecular weight excluding hydrogens is 415 g/mol. The van der Waals surface area contributed by atoms with Crippen molar-refractivity contribution in [1.29, 1.82) is 0 Å². The van der Waals surface area contributed by atoms with Crippen LogP contribution in [-0.2, 0) is 9.84 Å². The first-order valence-electron chi connectivity index (χ1n) is 9.12. The number of hydrazine groups is 1. The minimum Gasteiger partial charge on any atom is -0.267 e. The Hall–Kier alpha value is -2.30. The molecule has 0 bridgehead atoms. The summed E-state index contributed by atoms with van der Waals surface area (Å²) in [7, 11) is 0.357. The third kappa shape index (κ3) is 3.67. The number of thiophene rings is 1. The lowest BCUT2D eigenvalue weighted by Gasteiger charge is -2.33. The van der Waals surface area contributed by atoms with Crippen LogP contribution in [0.5, 0.6) is 0 Å². The Morgan fingerprint density at radius 3 is 2.55 bits per heavy atom. The summed E-state index contributed by atoms with van der Waals surface area (Å²) in [6, 6.07) is 7.43. The number of hydrogen-bond acceptors (Lipinski definition) is 6. The van der Waals surface area contributed by atoms with Gasteiger partial charge in [-0.2, -0.15) is 5.10 Å². The van der Waals surface area contributed by atoms with Crippen LogP contribution in [0.15, 0.2) is 30.3 Å². The maximum Gasteiger partial charge on any atom is 0.278 e. The molecule has 0 saturated carbocycles. The Morgan fingerprint density at radius 1 is 1.28 bits per heavy atom. The molecule has 1 amide bonds. The average molecular weight is 437 g/mol. The molecule has 1 aliphatic heterocycles. The summed E-state index contributed by atoms with van der Waals surface area (Å²) in [5.74, 6) is -0.489. The standard InChI is InChI=1S/C19H21FN4O3S2/c1-12-16-10-17(18(25)24(22(2)3)15-8-9-29(26,27)11-15)28-19(16)23(21-12)14-6-4-13(20)5-7-14/h4-7,10,15H,8-9,11H2,1-3H3/t15-/m0/s1. The van der Waals surface area contributed by atoms with E-state index in [1.165, 1.54) is 28.5 Å². The lowest BCUT2D eigenvalue weighted by Crippen LogP contribution is -2.49. The Labute approximate surface area is 172 Å². The number of fused-ring (bicyclic) bond motifs is 1. The Balaban J connectivity index is 1.73. The normalized spacial score (nSPS) is 18.6. The molecule has 1 aliphatic rings. The average Bonchev–Trinajstić information content (AvgIpc) is 3.31. The van der Waals surface area contributed by atoms with Gasteiger partial charge in [0.2, 0.25) is 0 Å². The van der Waals surface area contributed by atoms with E-state index >= 15 is 0 Å². The van der Waals surface area contributed by atoms with E-state index in [1.807, 2.05) is 6.92 Å². The molecule has 0 spiro atoms. The van der Waals surface area contributed by atoms with Crippen LogP contribution in [0.2, 0.25) is 0 Å². The molecule has 4 rings (SSSR count). The van der Waals surface area contributed by atoms with Gasteiger partial charge in [-0.15, -0.1) is 11.3 Å². The Bertz CT molecular complexity index is 1180. The van der Waals surface area contributed by atoms with Crippen LogP contribution in [0.4, 0.5) is 4.39 Å². The van der Waals surface area contributed by atoms with Crippen molar-refractivity contribution < 1.29 is 17.6 Å². The van der Waals surface area contributed by atoms with Crippen molar-refractivity contribution in [1.82, 2.24) is 19.8 Å². The van der Waals surface area contributed by atoms with Crippen LogP contribution < -0.4 is 0 Å². The minimum absolute atomic E-state index is 0.0236. The Morgan fingerprint density at radius 2 is 1.97 bits per heavy atom. The van der Waals surface area contributed by atoms with Crippen molar-refractivity contribution in [3.05, 3.63) is 46.7 Å².